The van der Waals surface area contributed by atoms with Gasteiger partial charge in [-0.05, 0) is 55.3 Å². The number of aliphatic carboxylic acids is 1. The van der Waals surface area contributed by atoms with E-state index < -0.39 is 12.1 Å². The SMILES string of the molecule is C[C@@H]1CC[C@@H]2[C@@H](CC[C@@H](O)CC(=O)O)[C@@H](C)C=C[C@H]2C1. The molecular weight excluding hydrogens is 252 g/mol. The van der Waals surface area contributed by atoms with Gasteiger partial charge in [0.2, 0.25) is 0 Å². The highest BCUT2D eigenvalue weighted by molar-refractivity contribution is 5.67. The Morgan fingerprint density at radius 3 is 2.75 bits per heavy atom. The Kier molecular flexibility index (Phi) is 5.25. The van der Waals surface area contributed by atoms with E-state index in [9.17, 15) is 9.90 Å². The number of carbonyl (C=O) groups is 1. The van der Waals surface area contributed by atoms with Crippen LogP contribution in [0.3, 0.4) is 0 Å². The van der Waals surface area contributed by atoms with Crippen LogP contribution in [0.25, 0.3) is 0 Å². The third-order valence-corrected chi connectivity index (χ3v) is 5.35. The molecule has 20 heavy (non-hydrogen) atoms. The first kappa shape index (κ1) is 15.6. The van der Waals surface area contributed by atoms with Crippen molar-refractivity contribution in [2.24, 2.45) is 29.6 Å². The lowest BCUT2D eigenvalue weighted by atomic mass is 9.62. The minimum Gasteiger partial charge on any atom is -0.481 e. The summed E-state index contributed by atoms with van der Waals surface area (Å²) in [6, 6.07) is 0. The van der Waals surface area contributed by atoms with E-state index in [-0.39, 0.29) is 6.42 Å². The Morgan fingerprint density at radius 1 is 1.30 bits per heavy atom. The fourth-order valence-electron chi connectivity index (χ4n) is 4.22. The zero-order chi connectivity index (χ0) is 14.7. The predicted molar refractivity (Wildman–Crippen MR) is 79.3 cm³/mol. The number of aliphatic hydroxyl groups excluding tert-OH is 1. The Hall–Kier alpha value is -0.830. The maximum Gasteiger partial charge on any atom is 0.305 e. The summed E-state index contributed by atoms with van der Waals surface area (Å²) in [6.45, 7) is 4.60. The first-order valence-electron chi connectivity index (χ1n) is 8.05. The van der Waals surface area contributed by atoms with Crippen LogP contribution in [0.2, 0.25) is 0 Å². The summed E-state index contributed by atoms with van der Waals surface area (Å²) in [5.74, 6) is 2.54. The molecule has 0 aliphatic heterocycles. The summed E-state index contributed by atoms with van der Waals surface area (Å²) in [4.78, 5) is 10.6. The van der Waals surface area contributed by atoms with Gasteiger partial charge in [-0.2, -0.15) is 0 Å². The average molecular weight is 280 g/mol. The Balaban J connectivity index is 1.92. The largest absolute Gasteiger partial charge is 0.481 e. The monoisotopic (exact) mass is 280 g/mol. The van der Waals surface area contributed by atoms with E-state index in [2.05, 4.69) is 26.0 Å². The molecule has 0 unspecified atom stereocenters. The molecule has 2 aliphatic carbocycles. The van der Waals surface area contributed by atoms with E-state index in [1.165, 1.54) is 19.3 Å². The van der Waals surface area contributed by atoms with Crippen LogP contribution in [0.4, 0.5) is 0 Å². The number of allylic oxidation sites excluding steroid dienone is 2. The predicted octanol–water partition coefficient (Wildman–Crippen LogP) is 3.48. The highest BCUT2D eigenvalue weighted by atomic mass is 16.4. The van der Waals surface area contributed by atoms with E-state index in [4.69, 9.17) is 5.11 Å². The molecule has 0 radical (unpaired) electrons. The molecule has 0 amide bonds. The standard InChI is InChI=1S/C17H28O3/c1-11-3-7-16-13(9-11)5-4-12(2)15(16)8-6-14(18)10-17(19)20/h4-5,11-16,18H,3,6-10H2,1-2H3,(H,19,20)/t11-,12+,13+,14-,15+,16+/m1/s1. The molecule has 0 aromatic heterocycles. The first-order chi connectivity index (χ1) is 9.47. The normalized spacial score (nSPS) is 38.2. The van der Waals surface area contributed by atoms with Crippen molar-refractivity contribution in [1.82, 2.24) is 0 Å². The molecule has 1 saturated carbocycles. The summed E-state index contributed by atoms with van der Waals surface area (Å²) >= 11 is 0. The van der Waals surface area contributed by atoms with Gasteiger partial charge in [-0.25, -0.2) is 0 Å². The molecule has 114 valence electrons. The lowest BCUT2D eigenvalue weighted by molar-refractivity contribution is -0.139. The van der Waals surface area contributed by atoms with E-state index in [0.717, 1.165) is 18.3 Å². The van der Waals surface area contributed by atoms with E-state index in [0.29, 0.717) is 24.2 Å². The molecule has 0 bridgehead atoms. The third kappa shape index (κ3) is 3.85. The lowest BCUT2D eigenvalue weighted by Gasteiger charge is -2.43. The van der Waals surface area contributed by atoms with Crippen LogP contribution in [0.5, 0.6) is 0 Å². The maximum absolute atomic E-state index is 10.6. The zero-order valence-corrected chi connectivity index (χ0v) is 12.7. The highest BCUT2D eigenvalue weighted by Crippen LogP contribution is 2.46. The van der Waals surface area contributed by atoms with E-state index in [1.807, 2.05) is 0 Å². The molecule has 2 rings (SSSR count). The summed E-state index contributed by atoms with van der Waals surface area (Å²) < 4.78 is 0. The van der Waals surface area contributed by atoms with Gasteiger partial charge in [-0.3, -0.25) is 4.79 Å². The minimum absolute atomic E-state index is 0.123. The smallest absolute Gasteiger partial charge is 0.305 e. The Morgan fingerprint density at radius 2 is 2.05 bits per heavy atom. The molecule has 1 fully saturated rings. The fourth-order valence-corrected chi connectivity index (χ4v) is 4.22. The van der Waals surface area contributed by atoms with Gasteiger partial charge in [0.1, 0.15) is 0 Å². The van der Waals surface area contributed by atoms with Crippen LogP contribution in [0, 0.1) is 29.6 Å². The second kappa shape index (κ2) is 6.75. The second-order valence-electron chi connectivity index (χ2n) is 6.98. The molecule has 0 spiro atoms. The van der Waals surface area contributed by atoms with Crippen LogP contribution in [-0.4, -0.2) is 22.3 Å². The highest BCUT2D eigenvalue weighted by Gasteiger charge is 2.37. The van der Waals surface area contributed by atoms with Crippen molar-refractivity contribution in [3.05, 3.63) is 12.2 Å². The number of aliphatic hydroxyl groups is 1. The molecule has 0 saturated heterocycles. The van der Waals surface area contributed by atoms with Crippen molar-refractivity contribution >= 4 is 5.97 Å². The van der Waals surface area contributed by atoms with Gasteiger partial charge in [-0.15, -0.1) is 0 Å². The number of hydrogen-bond donors (Lipinski definition) is 2. The summed E-state index contributed by atoms with van der Waals surface area (Å²) in [6.07, 6.45) is 9.42. The molecule has 0 aromatic rings. The van der Waals surface area contributed by atoms with Gasteiger partial charge < -0.3 is 10.2 Å². The number of rotatable bonds is 5. The van der Waals surface area contributed by atoms with Gasteiger partial charge in [0.25, 0.3) is 0 Å². The van der Waals surface area contributed by atoms with Crippen LogP contribution < -0.4 is 0 Å². The number of carboxylic acid groups (broad SMARTS) is 1. The zero-order valence-electron chi connectivity index (χ0n) is 12.7. The van der Waals surface area contributed by atoms with Crippen molar-refractivity contribution in [1.29, 1.82) is 0 Å². The summed E-state index contributed by atoms with van der Waals surface area (Å²) in [5.41, 5.74) is 0. The molecule has 6 atom stereocenters. The van der Waals surface area contributed by atoms with Crippen LogP contribution in [0.1, 0.15) is 52.4 Å². The van der Waals surface area contributed by atoms with Crippen LogP contribution in [-0.2, 0) is 4.79 Å². The third-order valence-electron chi connectivity index (χ3n) is 5.35. The fraction of sp³-hybridized carbons (Fsp3) is 0.824. The topological polar surface area (TPSA) is 57.5 Å². The molecule has 2 N–H and O–H groups in total. The molecule has 0 heterocycles. The van der Waals surface area contributed by atoms with Crippen molar-refractivity contribution in [2.45, 2.75) is 58.5 Å². The maximum atomic E-state index is 10.6. The van der Waals surface area contributed by atoms with Crippen molar-refractivity contribution in [3.8, 4) is 0 Å². The van der Waals surface area contributed by atoms with Gasteiger partial charge >= 0.3 is 5.97 Å². The van der Waals surface area contributed by atoms with Crippen molar-refractivity contribution in [2.75, 3.05) is 0 Å². The van der Waals surface area contributed by atoms with Crippen LogP contribution in [0.15, 0.2) is 12.2 Å². The summed E-state index contributed by atoms with van der Waals surface area (Å²) in [5, 5.41) is 18.5. The second-order valence-corrected chi connectivity index (χ2v) is 6.98. The molecule has 3 heteroatoms. The number of hydrogen-bond acceptors (Lipinski definition) is 2. The number of fused-ring (bicyclic) bond motifs is 1. The van der Waals surface area contributed by atoms with Gasteiger partial charge in [0, 0.05) is 0 Å². The summed E-state index contributed by atoms with van der Waals surface area (Å²) in [7, 11) is 0. The van der Waals surface area contributed by atoms with Gasteiger partial charge in [-0.1, -0.05) is 32.4 Å². The lowest BCUT2D eigenvalue weighted by Crippen LogP contribution is -2.35. The average Bonchev–Trinajstić information content (AvgIpc) is 2.37. The molecule has 3 nitrogen and oxygen atoms in total. The van der Waals surface area contributed by atoms with E-state index >= 15 is 0 Å². The van der Waals surface area contributed by atoms with E-state index in [1.54, 1.807) is 0 Å². The Bertz CT molecular complexity index is 363. The van der Waals surface area contributed by atoms with Crippen LogP contribution >= 0.6 is 0 Å². The number of carboxylic acids is 1. The van der Waals surface area contributed by atoms with Crippen molar-refractivity contribution < 1.29 is 15.0 Å². The Labute approximate surface area is 122 Å². The minimum atomic E-state index is -0.904. The molecular formula is C17H28O3. The molecule has 2 aliphatic rings. The first-order valence-corrected chi connectivity index (χ1v) is 8.05. The van der Waals surface area contributed by atoms with Gasteiger partial charge in [0.05, 0.1) is 12.5 Å². The molecule has 0 aromatic carbocycles. The van der Waals surface area contributed by atoms with Crippen molar-refractivity contribution in [3.63, 3.8) is 0 Å². The van der Waals surface area contributed by atoms with Gasteiger partial charge in [0.15, 0.2) is 0 Å². The quantitative estimate of drug-likeness (QED) is 0.758.